The third-order valence-corrected chi connectivity index (χ3v) is 2.93. The number of nitrogens with zero attached hydrogens (tertiary/aromatic N) is 2. The van der Waals surface area contributed by atoms with Crippen LogP contribution in [0.2, 0.25) is 0 Å². The number of anilines is 1. The van der Waals surface area contributed by atoms with Gasteiger partial charge in [0.1, 0.15) is 12.1 Å². The Morgan fingerprint density at radius 1 is 1.38 bits per heavy atom. The molecule has 6 nitrogen and oxygen atoms in total. The van der Waals surface area contributed by atoms with Crippen molar-refractivity contribution < 1.29 is 12.8 Å². The zero-order chi connectivity index (χ0) is 11.6. The zero-order valence-electron chi connectivity index (χ0n) is 7.88. The Bertz CT molecular complexity index is 582. The van der Waals surface area contributed by atoms with Crippen molar-refractivity contribution in [2.45, 2.75) is 5.16 Å². The lowest BCUT2D eigenvalue weighted by molar-refractivity contribution is 0.593. The molecule has 0 aliphatic carbocycles. The number of hydrogen-bond acceptors (Lipinski definition) is 4. The van der Waals surface area contributed by atoms with Crippen LogP contribution < -0.4 is 4.72 Å². The van der Waals surface area contributed by atoms with Crippen LogP contribution in [0.15, 0.2) is 35.7 Å². The molecule has 2 aromatic rings. The Kier molecular flexibility index (Phi) is 2.57. The van der Waals surface area contributed by atoms with E-state index in [0.29, 0.717) is 0 Å². The molecular weight excluding hydrogens is 235 g/mol. The van der Waals surface area contributed by atoms with E-state index in [2.05, 4.69) is 19.9 Å². The highest BCUT2D eigenvalue weighted by Crippen LogP contribution is 2.13. The molecule has 0 atom stereocenters. The predicted molar refractivity (Wildman–Crippen MR) is 53.6 cm³/mol. The maximum absolute atomic E-state index is 12.8. The monoisotopic (exact) mass is 242 g/mol. The van der Waals surface area contributed by atoms with Crippen molar-refractivity contribution in [1.82, 2.24) is 15.2 Å². The first-order valence-corrected chi connectivity index (χ1v) is 5.70. The third kappa shape index (κ3) is 2.16. The van der Waals surface area contributed by atoms with Gasteiger partial charge in [-0.05, 0) is 18.2 Å². The van der Waals surface area contributed by atoms with Crippen LogP contribution in [0.1, 0.15) is 0 Å². The summed E-state index contributed by atoms with van der Waals surface area (Å²) in [6.45, 7) is 0. The second kappa shape index (κ2) is 3.89. The van der Waals surface area contributed by atoms with Gasteiger partial charge in [0.15, 0.2) is 0 Å². The second-order valence-electron chi connectivity index (χ2n) is 2.91. The van der Waals surface area contributed by atoms with Crippen LogP contribution >= 0.6 is 0 Å². The maximum Gasteiger partial charge on any atom is 0.297 e. The number of hydrogen-bond donors (Lipinski definition) is 2. The van der Waals surface area contributed by atoms with E-state index in [4.69, 9.17) is 0 Å². The fraction of sp³-hybridized carbons (Fsp3) is 0. The molecule has 1 heterocycles. The number of H-pyrrole nitrogens is 1. The fourth-order valence-corrected chi connectivity index (χ4v) is 1.97. The molecule has 0 amide bonds. The number of rotatable bonds is 3. The van der Waals surface area contributed by atoms with Crippen molar-refractivity contribution in [2.24, 2.45) is 0 Å². The standard InChI is InChI=1S/C8H7FN4O2S/c9-6-2-1-3-7(4-6)13-16(14,15)8-10-5-11-12-8/h1-5,13H,(H,10,11,12). The first-order chi connectivity index (χ1) is 7.58. The Morgan fingerprint density at radius 2 is 2.19 bits per heavy atom. The summed E-state index contributed by atoms with van der Waals surface area (Å²) in [6.07, 6.45) is 1.07. The van der Waals surface area contributed by atoms with Crippen molar-refractivity contribution in [2.75, 3.05) is 4.72 Å². The van der Waals surface area contributed by atoms with Crippen LogP contribution in [0.5, 0.6) is 0 Å². The second-order valence-corrected chi connectivity index (χ2v) is 4.50. The summed E-state index contributed by atoms with van der Waals surface area (Å²) in [5.74, 6) is -0.530. The summed E-state index contributed by atoms with van der Waals surface area (Å²) in [4.78, 5) is 3.50. The topological polar surface area (TPSA) is 87.7 Å². The number of benzene rings is 1. The molecule has 0 radical (unpaired) electrons. The van der Waals surface area contributed by atoms with Crippen LogP contribution in [0.3, 0.4) is 0 Å². The highest BCUT2D eigenvalue weighted by Gasteiger charge is 2.17. The molecule has 84 valence electrons. The molecular formula is C8H7FN4O2S. The van der Waals surface area contributed by atoms with Crippen molar-refractivity contribution in [3.8, 4) is 0 Å². The predicted octanol–water partition coefficient (Wildman–Crippen LogP) is 0.745. The van der Waals surface area contributed by atoms with Gasteiger partial charge in [0.2, 0.25) is 0 Å². The van der Waals surface area contributed by atoms with Gasteiger partial charge in [-0.2, -0.15) is 13.5 Å². The fourth-order valence-electron chi connectivity index (χ4n) is 1.08. The zero-order valence-corrected chi connectivity index (χ0v) is 8.70. The van der Waals surface area contributed by atoms with E-state index in [-0.39, 0.29) is 10.8 Å². The summed E-state index contributed by atoms with van der Waals surface area (Å²) >= 11 is 0. The summed E-state index contributed by atoms with van der Waals surface area (Å²) < 4.78 is 38.2. The molecule has 1 aromatic carbocycles. The minimum Gasteiger partial charge on any atom is -0.277 e. The molecule has 0 saturated heterocycles. The molecule has 0 unspecified atom stereocenters. The maximum atomic E-state index is 12.8. The molecule has 8 heteroatoms. The van der Waals surface area contributed by atoms with E-state index in [1.165, 1.54) is 18.2 Å². The molecule has 16 heavy (non-hydrogen) atoms. The van der Waals surface area contributed by atoms with E-state index < -0.39 is 15.8 Å². The number of halogens is 1. The summed E-state index contributed by atoms with van der Waals surface area (Å²) in [5.41, 5.74) is 0.122. The molecule has 1 aromatic heterocycles. The minimum absolute atomic E-state index is 0.122. The van der Waals surface area contributed by atoms with Crippen LogP contribution in [-0.2, 0) is 10.0 Å². The lowest BCUT2D eigenvalue weighted by Gasteiger charge is -2.04. The number of aromatic nitrogens is 3. The molecule has 0 bridgehead atoms. The average Bonchev–Trinajstić information content (AvgIpc) is 2.69. The quantitative estimate of drug-likeness (QED) is 0.831. The Balaban J connectivity index is 2.29. The SMILES string of the molecule is O=S(=O)(Nc1cccc(F)c1)c1ncn[nH]1. The number of sulfonamides is 1. The van der Waals surface area contributed by atoms with Crippen molar-refractivity contribution in [1.29, 1.82) is 0 Å². The van der Waals surface area contributed by atoms with Crippen LogP contribution in [0, 0.1) is 5.82 Å². The van der Waals surface area contributed by atoms with Gasteiger partial charge in [-0.25, -0.2) is 14.5 Å². The lowest BCUT2D eigenvalue weighted by Crippen LogP contribution is -2.14. The molecule has 0 fully saturated rings. The molecule has 2 rings (SSSR count). The Labute approximate surface area is 90.6 Å². The van der Waals surface area contributed by atoms with E-state index in [1.54, 1.807) is 0 Å². The molecule has 0 spiro atoms. The van der Waals surface area contributed by atoms with Gasteiger partial charge in [0.05, 0.1) is 5.69 Å². The van der Waals surface area contributed by atoms with Crippen molar-refractivity contribution in [3.05, 3.63) is 36.4 Å². The van der Waals surface area contributed by atoms with Gasteiger partial charge in [-0.15, -0.1) is 0 Å². The smallest absolute Gasteiger partial charge is 0.277 e. The number of aromatic amines is 1. The minimum atomic E-state index is -3.83. The van der Waals surface area contributed by atoms with E-state index in [1.807, 2.05) is 0 Å². The molecule has 0 aliphatic rings. The van der Waals surface area contributed by atoms with Gasteiger partial charge in [-0.1, -0.05) is 6.07 Å². The van der Waals surface area contributed by atoms with Gasteiger partial charge < -0.3 is 0 Å². The Hall–Kier alpha value is -1.96. The van der Waals surface area contributed by atoms with Gasteiger partial charge >= 0.3 is 0 Å². The van der Waals surface area contributed by atoms with E-state index in [9.17, 15) is 12.8 Å². The highest BCUT2D eigenvalue weighted by atomic mass is 32.2. The van der Waals surface area contributed by atoms with Gasteiger partial charge in [0, 0.05) is 0 Å². The largest absolute Gasteiger partial charge is 0.297 e. The number of nitrogens with one attached hydrogen (secondary N) is 2. The van der Waals surface area contributed by atoms with Crippen molar-refractivity contribution in [3.63, 3.8) is 0 Å². The summed E-state index contributed by atoms with van der Waals surface area (Å²) in [6, 6.07) is 5.10. The van der Waals surface area contributed by atoms with Crippen LogP contribution in [0.4, 0.5) is 10.1 Å². The first-order valence-electron chi connectivity index (χ1n) is 4.22. The highest BCUT2D eigenvalue weighted by molar-refractivity contribution is 7.92. The van der Waals surface area contributed by atoms with Crippen molar-refractivity contribution >= 4 is 15.7 Å². The first kappa shape index (κ1) is 10.6. The van der Waals surface area contributed by atoms with E-state index >= 15 is 0 Å². The van der Waals surface area contributed by atoms with Gasteiger partial charge in [-0.3, -0.25) is 4.72 Å². The summed E-state index contributed by atoms with van der Waals surface area (Å²) in [7, 11) is -3.83. The van der Waals surface area contributed by atoms with E-state index in [0.717, 1.165) is 12.4 Å². The van der Waals surface area contributed by atoms with Gasteiger partial charge in [0.25, 0.3) is 15.2 Å². The Morgan fingerprint density at radius 3 is 2.81 bits per heavy atom. The average molecular weight is 242 g/mol. The molecule has 0 saturated carbocycles. The van der Waals surface area contributed by atoms with Crippen LogP contribution in [0.25, 0.3) is 0 Å². The van der Waals surface area contributed by atoms with Crippen LogP contribution in [-0.4, -0.2) is 23.6 Å². The normalized spacial score (nSPS) is 11.3. The third-order valence-electron chi connectivity index (χ3n) is 1.72. The molecule has 2 N–H and O–H groups in total. The molecule has 0 aliphatic heterocycles. The lowest BCUT2D eigenvalue weighted by atomic mass is 10.3. The summed E-state index contributed by atoms with van der Waals surface area (Å²) in [5, 5.41) is 5.30.